The third kappa shape index (κ3) is 3.31. The molecule has 0 bridgehead atoms. The molecule has 0 fully saturated rings. The number of hydrogen-bond acceptors (Lipinski definition) is 4. The molecule has 4 heteroatoms. The molecular formula is C14H17N3S. The van der Waals surface area contributed by atoms with Crippen LogP contribution in [0.1, 0.15) is 12.6 Å². The summed E-state index contributed by atoms with van der Waals surface area (Å²) in [6, 6.07) is 10.3. The molecule has 0 radical (unpaired) electrons. The van der Waals surface area contributed by atoms with E-state index >= 15 is 0 Å². The van der Waals surface area contributed by atoms with Crippen molar-refractivity contribution in [3.8, 4) is 11.4 Å². The first kappa shape index (κ1) is 13.1. The minimum Gasteiger partial charge on any atom is -0.311 e. The highest BCUT2D eigenvalue weighted by Gasteiger charge is 2.02. The Morgan fingerprint density at radius 1 is 1.17 bits per heavy atom. The first-order chi connectivity index (χ1) is 8.83. The van der Waals surface area contributed by atoms with E-state index in [1.807, 2.05) is 12.3 Å². The molecule has 0 aliphatic heterocycles. The molecule has 1 N–H and O–H groups in total. The van der Waals surface area contributed by atoms with Gasteiger partial charge in [0.25, 0.3) is 0 Å². The van der Waals surface area contributed by atoms with Crippen molar-refractivity contribution in [3.05, 3.63) is 42.2 Å². The molecule has 0 amide bonds. The summed E-state index contributed by atoms with van der Waals surface area (Å²) in [6.07, 6.45) is 3.89. The van der Waals surface area contributed by atoms with Crippen molar-refractivity contribution >= 4 is 11.8 Å². The highest BCUT2D eigenvalue weighted by molar-refractivity contribution is 7.98. The zero-order valence-corrected chi connectivity index (χ0v) is 11.5. The second-order valence-corrected chi connectivity index (χ2v) is 4.76. The van der Waals surface area contributed by atoms with Gasteiger partial charge >= 0.3 is 0 Å². The van der Waals surface area contributed by atoms with Crippen molar-refractivity contribution in [2.45, 2.75) is 18.4 Å². The van der Waals surface area contributed by atoms with E-state index in [4.69, 9.17) is 0 Å². The molecule has 1 aromatic heterocycles. The second kappa shape index (κ2) is 6.52. The zero-order valence-electron chi connectivity index (χ0n) is 10.7. The van der Waals surface area contributed by atoms with E-state index in [-0.39, 0.29) is 0 Å². The number of nitrogens with zero attached hydrogens (tertiary/aromatic N) is 2. The van der Waals surface area contributed by atoms with E-state index in [2.05, 4.69) is 52.7 Å². The zero-order chi connectivity index (χ0) is 12.8. The quantitative estimate of drug-likeness (QED) is 0.838. The third-order valence-corrected chi connectivity index (χ3v) is 3.36. The van der Waals surface area contributed by atoms with Crippen LogP contribution in [0.2, 0.25) is 0 Å². The molecule has 18 heavy (non-hydrogen) atoms. The van der Waals surface area contributed by atoms with Gasteiger partial charge in [-0.25, -0.2) is 9.97 Å². The first-order valence-electron chi connectivity index (χ1n) is 6.00. The Morgan fingerprint density at radius 3 is 2.61 bits per heavy atom. The number of benzene rings is 1. The number of rotatable bonds is 5. The Labute approximate surface area is 112 Å². The standard InChI is InChI=1S/C14H17N3S/c1-3-15-10-12-8-9-16-14(17-12)11-4-6-13(18-2)7-5-11/h4-9,15H,3,10H2,1-2H3. The lowest BCUT2D eigenvalue weighted by Gasteiger charge is -2.05. The topological polar surface area (TPSA) is 37.8 Å². The Kier molecular flexibility index (Phi) is 4.73. The van der Waals surface area contributed by atoms with Gasteiger partial charge in [-0.1, -0.05) is 19.1 Å². The fourth-order valence-corrected chi connectivity index (χ4v) is 2.04. The van der Waals surface area contributed by atoms with Gasteiger partial charge in [0.15, 0.2) is 5.82 Å². The van der Waals surface area contributed by atoms with E-state index < -0.39 is 0 Å². The van der Waals surface area contributed by atoms with Crippen molar-refractivity contribution in [1.29, 1.82) is 0 Å². The van der Waals surface area contributed by atoms with Gasteiger partial charge in [0.1, 0.15) is 0 Å². The Balaban J connectivity index is 2.20. The highest BCUT2D eigenvalue weighted by Crippen LogP contribution is 2.20. The first-order valence-corrected chi connectivity index (χ1v) is 7.23. The molecule has 0 aliphatic carbocycles. The van der Waals surface area contributed by atoms with Gasteiger partial charge < -0.3 is 5.32 Å². The van der Waals surface area contributed by atoms with E-state index in [9.17, 15) is 0 Å². The largest absolute Gasteiger partial charge is 0.311 e. The van der Waals surface area contributed by atoms with E-state index in [0.29, 0.717) is 0 Å². The lowest BCUT2D eigenvalue weighted by molar-refractivity contribution is 0.709. The van der Waals surface area contributed by atoms with Crippen LogP contribution in [0.5, 0.6) is 0 Å². The molecule has 94 valence electrons. The SMILES string of the molecule is CCNCc1ccnc(-c2ccc(SC)cc2)n1. The molecule has 0 saturated carbocycles. The van der Waals surface area contributed by atoms with Gasteiger partial charge in [-0.2, -0.15) is 0 Å². The van der Waals surface area contributed by atoms with Gasteiger partial charge in [0, 0.05) is 23.2 Å². The van der Waals surface area contributed by atoms with E-state index in [1.165, 1.54) is 4.90 Å². The van der Waals surface area contributed by atoms with Crippen LogP contribution in [-0.2, 0) is 6.54 Å². The van der Waals surface area contributed by atoms with Crippen LogP contribution < -0.4 is 5.32 Å². The predicted octanol–water partition coefficient (Wildman–Crippen LogP) is 2.98. The van der Waals surface area contributed by atoms with Gasteiger partial charge in [-0.15, -0.1) is 11.8 Å². The van der Waals surface area contributed by atoms with Crippen molar-refractivity contribution in [2.24, 2.45) is 0 Å². The summed E-state index contributed by atoms with van der Waals surface area (Å²) in [5.41, 5.74) is 2.09. The van der Waals surface area contributed by atoms with Gasteiger partial charge in [0.05, 0.1) is 5.69 Å². The molecule has 2 aromatic rings. The maximum absolute atomic E-state index is 4.56. The Morgan fingerprint density at radius 2 is 1.94 bits per heavy atom. The van der Waals surface area contributed by atoms with Crippen LogP contribution in [-0.4, -0.2) is 22.8 Å². The van der Waals surface area contributed by atoms with E-state index in [0.717, 1.165) is 30.2 Å². The lowest BCUT2D eigenvalue weighted by Crippen LogP contribution is -2.13. The van der Waals surface area contributed by atoms with Gasteiger partial charge in [0.2, 0.25) is 0 Å². The number of thioether (sulfide) groups is 1. The molecule has 0 saturated heterocycles. The molecule has 1 heterocycles. The molecule has 1 aromatic carbocycles. The summed E-state index contributed by atoms with van der Waals surface area (Å²) < 4.78 is 0. The summed E-state index contributed by atoms with van der Waals surface area (Å²) in [6.45, 7) is 3.82. The molecule has 0 aliphatic rings. The average molecular weight is 259 g/mol. The maximum atomic E-state index is 4.56. The second-order valence-electron chi connectivity index (χ2n) is 3.88. The summed E-state index contributed by atoms with van der Waals surface area (Å²) in [4.78, 5) is 10.1. The van der Waals surface area contributed by atoms with Crippen LogP contribution in [0.25, 0.3) is 11.4 Å². The van der Waals surface area contributed by atoms with Crippen molar-refractivity contribution < 1.29 is 0 Å². The van der Waals surface area contributed by atoms with Gasteiger partial charge in [-0.05, 0) is 31.0 Å². The van der Waals surface area contributed by atoms with Crippen LogP contribution in [0.3, 0.4) is 0 Å². The van der Waals surface area contributed by atoms with E-state index in [1.54, 1.807) is 11.8 Å². The maximum Gasteiger partial charge on any atom is 0.159 e. The molecular weight excluding hydrogens is 242 g/mol. The Bertz CT molecular complexity index is 497. The van der Waals surface area contributed by atoms with Crippen molar-refractivity contribution in [3.63, 3.8) is 0 Å². The molecule has 0 unspecified atom stereocenters. The monoisotopic (exact) mass is 259 g/mol. The Hall–Kier alpha value is -1.39. The minimum atomic E-state index is 0.787. The van der Waals surface area contributed by atoms with Gasteiger partial charge in [-0.3, -0.25) is 0 Å². The van der Waals surface area contributed by atoms with Crippen LogP contribution in [0.4, 0.5) is 0 Å². The number of hydrogen-bond donors (Lipinski definition) is 1. The van der Waals surface area contributed by atoms with Crippen LogP contribution >= 0.6 is 11.8 Å². The van der Waals surface area contributed by atoms with Crippen molar-refractivity contribution in [2.75, 3.05) is 12.8 Å². The average Bonchev–Trinajstić information content (AvgIpc) is 2.45. The van der Waals surface area contributed by atoms with Crippen LogP contribution in [0.15, 0.2) is 41.4 Å². The smallest absolute Gasteiger partial charge is 0.159 e. The normalized spacial score (nSPS) is 10.6. The summed E-state index contributed by atoms with van der Waals surface area (Å²) in [5, 5.41) is 3.27. The van der Waals surface area contributed by atoms with Crippen molar-refractivity contribution in [1.82, 2.24) is 15.3 Å². The summed E-state index contributed by atoms with van der Waals surface area (Å²) in [7, 11) is 0. The minimum absolute atomic E-state index is 0.787. The molecule has 0 atom stereocenters. The molecule has 0 spiro atoms. The fraction of sp³-hybridized carbons (Fsp3) is 0.286. The van der Waals surface area contributed by atoms with Crippen LogP contribution in [0, 0.1) is 0 Å². The summed E-state index contributed by atoms with van der Waals surface area (Å²) in [5.74, 6) is 0.790. The molecule has 3 nitrogen and oxygen atoms in total. The highest BCUT2D eigenvalue weighted by atomic mass is 32.2. The molecule has 2 rings (SSSR count). The fourth-order valence-electron chi connectivity index (χ4n) is 1.63. The predicted molar refractivity (Wildman–Crippen MR) is 76.6 cm³/mol. The number of nitrogens with one attached hydrogen (secondary N) is 1. The lowest BCUT2D eigenvalue weighted by atomic mass is 10.2. The third-order valence-electron chi connectivity index (χ3n) is 2.62. The summed E-state index contributed by atoms with van der Waals surface area (Å²) >= 11 is 1.74. The number of aromatic nitrogens is 2.